The van der Waals surface area contributed by atoms with Gasteiger partial charge in [0.2, 0.25) is 0 Å². The van der Waals surface area contributed by atoms with E-state index in [9.17, 15) is 0 Å². The first kappa shape index (κ1) is 7.79. The fraction of sp³-hybridized carbons (Fsp3) is 0.111. The standard InChI is InChI=1S/C9H10N4/c1-7-3-2-4-8(9(7)10)13-5-11-12-6-13/h2-6H,10H2,1H3. The molecule has 0 amide bonds. The van der Waals surface area contributed by atoms with E-state index in [1.807, 2.05) is 25.1 Å². The zero-order chi connectivity index (χ0) is 9.26. The van der Waals surface area contributed by atoms with Gasteiger partial charge >= 0.3 is 0 Å². The molecule has 2 rings (SSSR count). The number of benzene rings is 1. The van der Waals surface area contributed by atoms with Crippen LogP contribution < -0.4 is 5.73 Å². The van der Waals surface area contributed by atoms with Gasteiger partial charge < -0.3 is 5.73 Å². The molecular weight excluding hydrogens is 164 g/mol. The first-order valence-electron chi connectivity index (χ1n) is 3.99. The summed E-state index contributed by atoms with van der Waals surface area (Å²) in [7, 11) is 0. The van der Waals surface area contributed by atoms with Gasteiger partial charge in [-0.15, -0.1) is 10.2 Å². The highest BCUT2D eigenvalue weighted by Crippen LogP contribution is 2.19. The maximum Gasteiger partial charge on any atom is 0.123 e. The Bertz CT molecular complexity index is 406. The molecule has 4 nitrogen and oxygen atoms in total. The van der Waals surface area contributed by atoms with E-state index in [0.29, 0.717) is 0 Å². The van der Waals surface area contributed by atoms with E-state index in [-0.39, 0.29) is 0 Å². The Morgan fingerprint density at radius 2 is 1.92 bits per heavy atom. The molecular formula is C9H10N4. The second kappa shape index (κ2) is 2.90. The molecule has 1 heterocycles. The van der Waals surface area contributed by atoms with Crippen molar-refractivity contribution in [3.8, 4) is 5.69 Å². The van der Waals surface area contributed by atoms with Crippen molar-refractivity contribution in [2.24, 2.45) is 0 Å². The van der Waals surface area contributed by atoms with Gasteiger partial charge in [-0.1, -0.05) is 12.1 Å². The highest BCUT2D eigenvalue weighted by Gasteiger charge is 2.02. The Hall–Kier alpha value is -1.84. The summed E-state index contributed by atoms with van der Waals surface area (Å²) in [4.78, 5) is 0. The average Bonchev–Trinajstić information content (AvgIpc) is 2.62. The predicted octanol–water partition coefficient (Wildman–Crippen LogP) is 1.16. The van der Waals surface area contributed by atoms with Crippen LogP contribution in [-0.2, 0) is 0 Å². The van der Waals surface area contributed by atoms with Crippen LogP contribution in [0.15, 0.2) is 30.9 Å². The summed E-state index contributed by atoms with van der Waals surface area (Å²) >= 11 is 0. The van der Waals surface area contributed by atoms with Crippen LogP contribution in [0.3, 0.4) is 0 Å². The van der Waals surface area contributed by atoms with Crippen LogP contribution >= 0.6 is 0 Å². The molecule has 0 aliphatic heterocycles. The number of nitrogens with zero attached hydrogens (tertiary/aromatic N) is 3. The lowest BCUT2D eigenvalue weighted by molar-refractivity contribution is 1.06. The van der Waals surface area contributed by atoms with E-state index in [4.69, 9.17) is 5.73 Å². The second-order valence-corrected chi connectivity index (χ2v) is 2.88. The predicted molar refractivity (Wildman–Crippen MR) is 50.5 cm³/mol. The fourth-order valence-corrected chi connectivity index (χ4v) is 1.22. The van der Waals surface area contributed by atoms with Crippen LogP contribution in [-0.4, -0.2) is 14.8 Å². The van der Waals surface area contributed by atoms with Gasteiger partial charge in [0.15, 0.2) is 0 Å². The zero-order valence-corrected chi connectivity index (χ0v) is 7.31. The summed E-state index contributed by atoms with van der Waals surface area (Å²) < 4.78 is 1.79. The lowest BCUT2D eigenvalue weighted by Crippen LogP contribution is -1.99. The molecule has 0 aliphatic rings. The lowest BCUT2D eigenvalue weighted by Gasteiger charge is -2.07. The van der Waals surface area contributed by atoms with E-state index in [1.165, 1.54) is 0 Å². The third-order valence-electron chi connectivity index (χ3n) is 2.00. The molecule has 2 N–H and O–H groups in total. The molecule has 0 saturated heterocycles. The Kier molecular flexibility index (Phi) is 1.73. The van der Waals surface area contributed by atoms with E-state index in [0.717, 1.165) is 16.9 Å². The molecule has 66 valence electrons. The first-order chi connectivity index (χ1) is 6.29. The Morgan fingerprint density at radius 3 is 2.62 bits per heavy atom. The van der Waals surface area contributed by atoms with Gasteiger partial charge in [0.1, 0.15) is 12.7 Å². The number of rotatable bonds is 1. The first-order valence-corrected chi connectivity index (χ1v) is 3.99. The van der Waals surface area contributed by atoms with Crippen molar-refractivity contribution < 1.29 is 0 Å². The summed E-state index contributed by atoms with van der Waals surface area (Å²) in [6.45, 7) is 1.98. The molecule has 0 spiro atoms. The number of aryl methyl sites for hydroxylation is 1. The molecule has 13 heavy (non-hydrogen) atoms. The maximum atomic E-state index is 5.90. The third-order valence-corrected chi connectivity index (χ3v) is 2.00. The molecule has 1 aromatic carbocycles. The SMILES string of the molecule is Cc1cccc(-n2cnnc2)c1N. The normalized spacial score (nSPS) is 10.2. The van der Waals surface area contributed by atoms with Crippen molar-refractivity contribution in [3.63, 3.8) is 0 Å². The molecule has 1 aromatic heterocycles. The molecule has 2 aromatic rings. The molecule has 0 aliphatic carbocycles. The third kappa shape index (κ3) is 1.26. The number of nitrogen functional groups attached to an aromatic ring is 1. The number of hydrogen-bond acceptors (Lipinski definition) is 3. The van der Waals surface area contributed by atoms with Crippen LogP contribution in [0.25, 0.3) is 5.69 Å². The second-order valence-electron chi connectivity index (χ2n) is 2.88. The minimum Gasteiger partial charge on any atom is -0.397 e. The average molecular weight is 174 g/mol. The lowest BCUT2D eigenvalue weighted by atomic mass is 10.2. The van der Waals surface area contributed by atoms with Crippen LogP contribution in [0.1, 0.15) is 5.56 Å². The molecule has 0 unspecified atom stereocenters. The number of nitrogens with two attached hydrogens (primary N) is 1. The van der Waals surface area contributed by atoms with Gasteiger partial charge in [-0.3, -0.25) is 4.57 Å². The Balaban J connectivity index is 2.59. The van der Waals surface area contributed by atoms with Crippen LogP contribution in [0.4, 0.5) is 5.69 Å². The van der Waals surface area contributed by atoms with Crippen molar-refractivity contribution >= 4 is 5.69 Å². The van der Waals surface area contributed by atoms with Crippen molar-refractivity contribution in [2.75, 3.05) is 5.73 Å². The minimum atomic E-state index is 0.766. The Morgan fingerprint density at radius 1 is 1.23 bits per heavy atom. The summed E-state index contributed by atoms with van der Waals surface area (Å²) in [5.41, 5.74) is 8.65. The van der Waals surface area contributed by atoms with Crippen LogP contribution in [0, 0.1) is 6.92 Å². The smallest absolute Gasteiger partial charge is 0.123 e. The van der Waals surface area contributed by atoms with Gasteiger partial charge in [0, 0.05) is 0 Å². The zero-order valence-electron chi connectivity index (χ0n) is 7.31. The number of anilines is 1. The van der Waals surface area contributed by atoms with E-state index in [2.05, 4.69) is 10.2 Å². The quantitative estimate of drug-likeness (QED) is 0.660. The summed E-state index contributed by atoms with van der Waals surface area (Å²) in [6.07, 6.45) is 3.26. The van der Waals surface area contributed by atoms with Crippen molar-refractivity contribution in [1.82, 2.24) is 14.8 Å². The van der Waals surface area contributed by atoms with E-state index < -0.39 is 0 Å². The summed E-state index contributed by atoms with van der Waals surface area (Å²) in [5.74, 6) is 0. The Labute approximate surface area is 76.0 Å². The van der Waals surface area contributed by atoms with Gasteiger partial charge in [-0.25, -0.2) is 0 Å². The molecule has 0 radical (unpaired) electrons. The number of para-hydroxylation sites is 1. The molecule has 0 fully saturated rings. The van der Waals surface area contributed by atoms with Crippen LogP contribution in [0.5, 0.6) is 0 Å². The molecule has 0 saturated carbocycles. The van der Waals surface area contributed by atoms with Crippen LogP contribution in [0.2, 0.25) is 0 Å². The largest absolute Gasteiger partial charge is 0.397 e. The number of hydrogen-bond donors (Lipinski definition) is 1. The van der Waals surface area contributed by atoms with Gasteiger partial charge in [0.25, 0.3) is 0 Å². The highest BCUT2D eigenvalue weighted by atomic mass is 15.2. The summed E-state index contributed by atoms with van der Waals surface area (Å²) in [5, 5.41) is 7.45. The number of aromatic nitrogens is 3. The minimum absolute atomic E-state index is 0.766. The van der Waals surface area contributed by atoms with Gasteiger partial charge in [-0.05, 0) is 18.6 Å². The summed E-state index contributed by atoms with van der Waals surface area (Å²) in [6, 6.07) is 5.87. The van der Waals surface area contributed by atoms with Crippen molar-refractivity contribution in [2.45, 2.75) is 6.92 Å². The highest BCUT2D eigenvalue weighted by molar-refractivity contribution is 5.62. The van der Waals surface area contributed by atoms with Crippen molar-refractivity contribution in [3.05, 3.63) is 36.4 Å². The topological polar surface area (TPSA) is 56.7 Å². The van der Waals surface area contributed by atoms with E-state index in [1.54, 1.807) is 17.2 Å². The van der Waals surface area contributed by atoms with Crippen molar-refractivity contribution in [1.29, 1.82) is 0 Å². The van der Waals surface area contributed by atoms with E-state index >= 15 is 0 Å². The molecule has 4 heteroatoms. The maximum absolute atomic E-state index is 5.90. The molecule has 0 atom stereocenters. The fourth-order valence-electron chi connectivity index (χ4n) is 1.22. The monoisotopic (exact) mass is 174 g/mol. The van der Waals surface area contributed by atoms with Gasteiger partial charge in [0.05, 0.1) is 11.4 Å². The van der Waals surface area contributed by atoms with Gasteiger partial charge in [-0.2, -0.15) is 0 Å². The molecule has 0 bridgehead atoms.